The number of carbonyl (C=O) groups is 5. The summed E-state index contributed by atoms with van der Waals surface area (Å²) in [5.41, 5.74) is -0.786. The molecular weight excluding hydrogens is 424 g/mol. The van der Waals surface area contributed by atoms with Crippen LogP contribution in [0.5, 0.6) is 0 Å². The molecule has 0 aliphatic rings. The number of aldehydes is 1. The number of nitrogens with one attached hydrogen (secondary N) is 2. The van der Waals surface area contributed by atoms with Gasteiger partial charge in [0.05, 0.1) is 44.6 Å². The number of H-pyrrole nitrogens is 2. The maximum Gasteiger partial charge on any atom is 0.341 e. The second-order valence-electron chi connectivity index (χ2n) is 6.39. The maximum atomic E-state index is 12.8. The number of hydrogen-bond acceptors (Lipinski definition) is 9. The lowest BCUT2D eigenvalue weighted by molar-refractivity contribution is -0.162. The van der Waals surface area contributed by atoms with Crippen molar-refractivity contribution < 1.29 is 42.9 Å². The van der Waals surface area contributed by atoms with Gasteiger partial charge in [-0.15, -0.1) is 0 Å². The Labute approximate surface area is 183 Å². The molecule has 32 heavy (non-hydrogen) atoms. The van der Waals surface area contributed by atoms with Crippen LogP contribution in [0.4, 0.5) is 0 Å². The Morgan fingerprint density at radius 3 is 1.97 bits per heavy atom. The van der Waals surface area contributed by atoms with Gasteiger partial charge in [0.15, 0.2) is 12.2 Å². The van der Waals surface area contributed by atoms with Crippen LogP contribution < -0.4 is 0 Å². The zero-order valence-corrected chi connectivity index (χ0v) is 18.1. The summed E-state index contributed by atoms with van der Waals surface area (Å²) < 4.78 is 19.7. The van der Waals surface area contributed by atoms with Gasteiger partial charge < -0.3 is 28.9 Å². The fourth-order valence-electron chi connectivity index (χ4n) is 3.36. The SMILES string of the molecule is CCOC(=O)C(C(=O)OCC)C(c1ccc[nH]1)c1[nH]c(C=O)c(C(=O)OC)c1C(=O)OC. The molecule has 172 valence electrons. The van der Waals surface area contributed by atoms with Gasteiger partial charge in [0.1, 0.15) is 5.56 Å². The summed E-state index contributed by atoms with van der Waals surface area (Å²) in [6.07, 6.45) is 1.86. The van der Waals surface area contributed by atoms with E-state index in [1.807, 2.05) is 0 Å². The quantitative estimate of drug-likeness (QED) is 0.239. The van der Waals surface area contributed by atoms with Crippen molar-refractivity contribution in [1.29, 1.82) is 0 Å². The van der Waals surface area contributed by atoms with Crippen LogP contribution in [0.2, 0.25) is 0 Å². The predicted octanol–water partition coefficient (Wildman–Crippen LogP) is 1.60. The van der Waals surface area contributed by atoms with Crippen molar-refractivity contribution in [2.24, 2.45) is 5.92 Å². The van der Waals surface area contributed by atoms with Crippen LogP contribution in [0.1, 0.15) is 62.4 Å². The smallest absolute Gasteiger partial charge is 0.341 e. The molecule has 0 aliphatic heterocycles. The third-order valence-corrected chi connectivity index (χ3v) is 4.64. The Morgan fingerprint density at radius 2 is 1.53 bits per heavy atom. The maximum absolute atomic E-state index is 12.8. The lowest BCUT2D eigenvalue weighted by Crippen LogP contribution is -2.35. The zero-order chi connectivity index (χ0) is 23.8. The van der Waals surface area contributed by atoms with E-state index < -0.39 is 35.7 Å². The summed E-state index contributed by atoms with van der Waals surface area (Å²) in [4.78, 5) is 68.0. The molecular formula is C21H24N2O9. The van der Waals surface area contributed by atoms with Gasteiger partial charge in [0, 0.05) is 17.6 Å². The predicted molar refractivity (Wildman–Crippen MR) is 108 cm³/mol. The minimum atomic E-state index is -1.57. The largest absolute Gasteiger partial charge is 0.465 e. The standard InChI is InChI=1S/C21H24N2O9/c1-5-31-20(27)16(21(28)32-6-2)13(11-8-7-9-22-11)17-15(19(26)30-4)14(18(25)29-3)12(10-24)23-17/h7-10,13,16,22-23H,5-6H2,1-4H3. The topological polar surface area (TPSA) is 154 Å². The molecule has 0 saturated heterocycles. The van der Waals surface area contributed by atoms with Gasteiger partial charge in [-0.25, -0.2) is 9.59 Å². The Bertz CT molecular complexity index is 973. The third-order valence-electron chi connectivity index (χ3n) is 4.64. The molecule has 0 amide bonds. The highest BCUT2D eigenvalue weighted by Gasteiger charge is 2.44. The van der Waals surface area contributed by atoms with Crippen molar-refractivity contribution in [2.75, 3.05) is 27.4 Å². The number of aromatic amines is 2. The molecule has 0 aromatic carbocycles. The van der Waals surface area contributed by atoms with Gasteiger partial charge in [0.2, 0.25) is 0 Å². The number of aromatic nitrogens is 2. The molecule has 0 fully saturated rings. The van der Waals surface area contributed by atoms with E-state index in [1.165, 1.54) is 6.20 Å². The van der Waals surface area contributed by atoms with Crippen LogP contribution in [-0.2, 0) is 28.5 Å². The first kappa shape index (κ1) is 24.4. The first-order chi connectivity index (χ1) is 15.4. The first-order valence-electron chi connectivity index (χ1n) is 9.70. The Kier molecular flexibility index (Phi) is 8.33. The van der Waals surface area contributed by atoms with Crippen LogP contribution in [0.15, 0.2) is 18.3 Å². The molecule has 2 aromatic heterocycles. The van der Waals surface area contributed by atoms with E-state index in [-0.39, 0.29) is 35.7 Å². The fourth-order valence-corrected chi connectivity index (χ4v) is 3.36. The normalized spacial score (nSPS) is 11.5. The van der Waals surface area contributed by atoms with Crippen LogP contribution in [-0.4, -0.2) is 67.6 Å². The lowest BCUT2D eigenvalue weighted by atomic mass is 9.84. The molecule has 2 N–H and O–H groups in total. The van der Waals surface area contributed by atoms with E-state index in [1.54, 1.807) is 26.0 Å². The monoisotopic (exact) mass is 448 g/mol. The van der Waals surface area contributed by atoms with Crippen LogP contribution in [0, 0.1) is 5.92 Å². The number of esters is 4. The van der Waals surface area contributed by atoms with E-state index in [9.17, 15) is 24.0 Å². The highest BCUT2D eigenvalue weighted by atomic mass is 16.6. The number of ether oxygens (including phenoxy) is 4. The highest BCUT2D eigenvalue weighted by molar-refractivity contribution is 6.09. The minimum Gasteiger partial charge on any atom is -0.465 e. The highest BCUT2D eigenvalue weighted by Crippen LogP contribution is 2.37. The van der Waals surface area contributed by atoms with E-state index in [2.05, 4.69) is 9.97 Å². The number of methoxy groups -OCH3 is 2. The zero-order valence-electron chi connectivity index (χ0n) is 18.1. The van der Waals surface area contributed by atoms with Crippen molar-refractivity contribution in [2.45, 2.75) is 19.8 Å². The Morgan fingerprint density at radius 1 is 0.969 bits per heavy atom. The average molecular weight is 448 g/mol. The van der Waals surface area contributed by atoms with Crippen molar-refractivity contribution in [3.05, 3.63) is 46.5 Å². The molecule has 0 aliphatic carbocycles. The minimum absolute atomic E-state index is 0.0201. The van der Waals surface area contributed by atoms with Gasteiger partial charge in [-0.3, -0.25) is 14.4 Å². The van der Waals surface area contributed by atoms with Crippen molar-refractivity contribution in [1.82, 2.24) is 9.97 Å². The van der Waals surface area contributed by atoms with Crippen molar-refractivity contribution in [3.63, 3.8) is 0 Å². The molecule has 0 spiro atoms. The van der Waals surface area contributed by atoms with Crippen LogP contribution in [0.25, 0.3) is 0 Å². The summed E-state index contributed by atoms with van der Waals surface area (Å²) in [5.74, 6) is -6.57. The fraction of sp³-hybridized carbons (Fsp3) is 0.381. The van der Waals surface area contributed by atoms with Crippen molar-refractivity contribution >= 4 is 30.2 Å². The molecule has 11 nitrogen and oxygen atoms in total. The molecule has 1 atom stereocenters. The van der Waals surface area contributed by atoms with E-state index in [0.717, 1.165) is 14.2 Å². The molecule has 2 aromatic rings. The van der Waals surface area contributed by atoms with Crippen molar-refractivity contribution in [3.8, 4) is 0 Å². The second kappa shape index (κ2) is 10.9. The molecule has 1 unspecified atom stereocenters. The molecule has 11 heteroatoms. The Balaban J connectivity index is 2.89. The summed E-state index contributed by atoms with van der Waals surface area (Å²) in [5, 5.41) is 0. The second-order valence-corrected chi connectivity index (χ2v) is 6.39. The molecule has 0 saturated carbocycles. The molecule has 0 bridgehead atoms. The molecule has 2 rings (SSSR count). The summed E-state index contributed by atoms with van der Waals surface area (Å²) in [6.45, 7) is 3.10. The number of hydrogen-bond donors (Lipinski definition) is 2. The third kappa shape index (κ3) is 4.71. The van der Waals surface area contributed by atoms with Gasteiger partial charge in [-0.1, -0.05) is 0 Å². The van der Waals surface area contributed by atoms with Gasteiger partial charge in [-0.05, 0) is 26.0 Å². The van der Waals surface area contributed by atoms with Crippen LogP contribution in [0.3, 0.4) is 0 Å². The van der Waals surface area contributed by atoms with E-state index >= 15 is 0 Å². The molecule has 2 heterocycles. The van der Waals surface area contributed by atoms with Gasteiger partial charge in [-0.2, -0.15) is 0 Å². The summed E-state index contributed by atoms with van der Waals surface area (Å²) in [7, 11) is 2.16. The average Bonchev–Trinajstić information content (AvgIpc) is 3.44. The van der Waals surface area contributed by atoms with Gasteiger partial charge >= 0.3 is 23.9 Å². The van der Waals surface area contributed by atoms with E-state index in [4.69, 9.17) is 18.9 Å². The van der Waals surface area contributed by atoms with E-state index in [0.29, 0.717) is 12.0 Å². The summed E-state index contributed by atoms with van der Waals surface area (Å²) in [6, 6.07) is 3.18. The molecule has 0 radical (unpaired) electrons. The lowest BCUT2D eigenvalue weighted by Gasteiger charge is -2.24. The first-order valence-corrected chi connectivity index (χ1v) is 9.70. The Hall–Kier alpha value is -3.89. The van der Waals surface area contributed by atoms with Crippen LogP contribution >= 0.6 is 0 Å². The number of rotatable bonds is 10. The number of carbonyl (C=O) groups excluding carboxylic acids is 5. The van der Waals surface area contributed by atoms with Gasteiger partial charge in [0.25, 0.3) is 0 Å². The summed E-state index contributed by atoms with van der Waals surface area (Å²) >= 11 is 0.